The van der Waals surface area contributed by atoms with Gasteiger partial charge in [-0.15, -0.1) is 0 Å². The van der Waals surface area contributed by atoms with Gasteiger partial charge in [-0.1, -0.05) is 0 Å². The summed E-state index contributed by atoms with van der Waals surface area (Å²) < 4.78 is 26.6. The number of aliphatic carboxylic acids is 1. The van der Waals surface area contributed by atoms with Crippen molar-refractivity contribution in [3.8, 4) is 0 Å². The molecule has 2 amide bonds. The molecule has 3 N–H and O–H groups in total. The normalized spacial score (nSPS) is 19.5. The molecule has 0 aromatic heterocycles. The van der Waals surface area contributed by atoms with E-state index in [2.05, 4.69) is 10.6 Å². The van der Waals surface area contributed by atoms with Gasteiger partial charge in [0.1, 0.15) is 11.6 Å². The Hall–Kier alpha value is -2.51. The minimum Gasteiger partial charge on any atom is -0.481 e. The second-order valence-corrected chi connectivity index (χ2v) is 6.23. The van der Waals surface area contributed by atoms with E-state index >= 15 is 0 Å². The van der Waals surface area contributed by atoms with Gasteiger partial charge in [0.05, 0.1) is 0 Å². The Kier molecular flexibility index (Phi) is 6.06. The number of rotatable bonds is 8. The average molecular weight is 354 g/mol. The van der Waals surface area contributed by atoms with Crippen LogP contribution in [-0.4, -0.2) is 28.4 Å². The van der Waals surface area contributed by atoms with Gasteiger partial charge < -0.3 is 15.7 Å². The number of carboxylic acids is 1. The second-order valence-electron chi connectivity index (χ2n) is 6.23. The Morgan fingerprint density at radius 3 is 2.60 bits per heavy atom. The SMILES string of the molecule is O=C(O)CCC1(CCC(=O)NCc2cc(F)ccc2F)CCC(=O)N1. The van der Waals surface area contributed by atoms with E-state index in [0.717, 1.165) is 18.2 Å². The van der Waals surface area contributed by atoms with Crippen LogP contribution in [0.25, 0.3) is 0 Å². The highest BCUT2D eigenvalue weighted by molar-refractivity contribution is 5.80. The van der Waals surface area contributed by atoms with Crippen molar-refractivity contribution in [2.75, 3.05) is 0 Å². The Morgan fingerprint density at radius 2 is 1.96 bits per heavy atom. The van der Waals surface area contributed by atoms with E-state index in [-0.39, 0.29) is 43.2 Å². The van der Waals surface area contributed by atoms with Gasteiger partial charge in [-0.05, 0) is 37.5 Å². The highest BCUT2D eigenvalue weighted by Gasteiger charge is 2.37. The molecule has 25 heavy (non-hydrogen) atoms. The molecule has 0 saturated carbocycles. The molecule has 1 aliphatic heterocycles. The fraction of sp³-hybridized carbons (Fsp3) is 0.471. The predicted molar refractivity (Wildman–Crippen MR) is 84.4 cm³/mol. The monoisotopic (exact) mass is 354 g/mol. The Bertz CT molecular complexity index is 681. The molecule has 1 atom stereocenters. The first kappa shape index (κ1) is 18.8. The first-order valence-electron chi connectivity index (χ1n) is 8.03. The van der Waals surface area contributed by atoms with Gasteiger partial charge in [-0.25, -0.2) is 8.78 Å². The molecule has 1 unspecified atom stereocenters. The smallest absolute Gasteiger partial charge is 0.303 e. The molecular weight excluding hydrogens is 334 g/mol. The number of hydrogen-bond acceptors (Lipinski definition) is 3. The van der Waals surface area contributed by atoms with Crippen molar-refractivity contribution in [2.45, 2.75) is 50.6 Å². The van der Waals surface area contributed by atoms with Crippen molar-refractivity contribution in [1.82, 2.24) is 10.6 Å². The van der Waals surface area contributed by atoms with Crippen LogP contribution in [0.1, 0.15) is 44.1 Å². The molecule has 8 heteroatoms. The van der Waals surface area contributed by atoms with Gasteiger partial charge in [0.2, 0.25) is 11.8 Å². The van der Waals surface area contributed by atoms with E-state index < -0.39 is 23.1 Å². The number of benzene rings is 1. The molecule has 0 aliphatic carbocycles. The van der Waals surface area contributed by atoms with Crippen molar-refractivity contribution < 1.29 is 28.3 Å². The van der Waals surface area contributed by atoms with Gasteiger partial charge in [0.15, 0.2) is 0 Å². The van der Waals surface area contributed by atoms with Crippen LogP contribution in [0.5, 0.6) is 0 Å². The molecule has 136 valence electrons. The van der Waals surface area contributed by atoms with Gasteiger partial charge in [-0.3, -0.25) is 14.4 Å². The van der Waals surface area contributed by atoms with Crippen LogP contribution in [0, 0.1) is 11.6 Å². The van der Waals surface area contributed by atoms with Crippen molar-refractivity contribution in [3.05, 3.63) is 35.4 Å². The molecular formula is C17H20F2N2O4. The molecule has 2 rings (SSSR count). The lowest BCUT2D eigenvalue weighted by molar-refractivity contribution is -0.137. The summed E-state index contributed by atoms with van der Waals surface area (Å²) in [7, 11) is 0. The summed E-state index contributed by atoms with van der Waals surface area (Å²) in [6.07, 6.45) is 1.28. The summed E-state index contributed by atoms with van der Waals surface area (Å²) in [6, 6.07) is 3.00. The quantitative estimate of drug-likeness (QED) is 0.664. The summed E-state index contributed by atoms with van der Waals surface area (Å²) in [5, 5.41) is 14.1. The molecule has 6 nitrogen and oxygen atoms in total. The minimum absolute atomic E-state index is 0.0445. The number of halogens is 2. The first-order chi connectivity index (χ1) is 11.8. The third kappa shape index (κ3) is 5.51. The van der Waals surface area contributed by atoms with Crippen molar-refractivity contribution >= 4 is 17.8 Å². The van der Waals surface area contributed by atoms with Gasteiger partial charge in [0.25, 0.3) is 0 Å². The molecule has 1 aromatic rings. The highest BCUT2D eigenvalue weighted by atomic mass is 19.1. The van der Waals surface area contributed by atoms with Crippen LogP contribution in [0.3, 0.4) is 0 Å². The summed E-state index contributed by atoms with van der Waals surface area (Å²) in [5.41, 5.74) is -0.653. The summed E-state index contributed by atoms with van der Waals surface area (Å²) in [4.78, 5) is 34.2. The lowest BCUT2D eigenvalue weighted by Gasteiger charge is -2.28. The largest absolute Gasteiger partial charge is 0.481 e. The van der Waals surface area contributed by atoms with Crippen molar-refractivity contribution in [1.29, 1.82) is 0 Å². The first-order valence-corrected chi connectivity index (χ1v) is 8.03. The third-order valence-corrected chi connectivity index (χ3v) is 4.37. The molecule has 1 heterocycles. The van der Waals surface area contributed by atoms with Crippen LogP contribution < -0.4 is 10.6 Å². The lowest BCUT2D eigenvalue weighted by atomic mass is 9.86. The number of carbonyl (C=O) groups excluding carboxylic acids is 2. The summed E-state index contributed by atoms with van der Waals surface area (Å²) in [5.74, 6) is -2.70. The van der Waals surface area contributed by atoms with E-state index in [1.54, 1.807) is 0 Å². The van der Waals surface area contributed by atoms with Crippen LogP contribution in [-0.2, 0) is 20.9 Å². The summed E-state index contributed by atoms with van der Waals surface area (Å²) >= 11 is 0. The molecule has 0 bridgehead atoms. The fourth-order valence-corrected chi connectivity index (χ4v) is 2.93. The van der Waals surface area contributed by atoms with Crippen LogP contribution in [0.2, 0.25) is 0 Å². The summed E-state index contributed by atoms with van der Waals surface area (Å²) in [6.45, 7) is -0.142. The number of nitrogens with one attached hydrogen (secondary N) is 2. The van der Waals surface area contributed by atoms with Gasteiger partial charge in [-0.2, -0.15) is 0 Å². The zero-order valence-electron chi connectivity index (χ0n) is 13.6. The predicted octanol–water partition coefficient (Wildman–Crippen LogP) is 1.87. The lowest BCUT2D eigenvalue weighted by Crippen LogP contribution is -2.43. The topological polar surface area (TPSA) is 95.5 Å². The number of carboxylic acid groups (broad SMARTS) is 1. The second kappa shape index (κ2) is 8.04. The Labute approximate surface area is 143 Å². The average Bonchev–Trinajstić information content (AvgIpc) is 2.94. The molecule has 1 fully saturated rings. The van der Waals surface area contributed by atoms with E-state index in [4.69, 9.17) is 5.11 Å². The van der Waals surface area contributed by atoms with E-state index in [1.807, 2.05) is 0 Å². The van der Waals surface area contributed by atoms with Gasteiger partial charge >= 0.3 is 5.97 Å². The molecule has 1 aromatic carbocycles. The maximum atomic E-state index is 13.5. The fourth-order valence-electron chi connectivity index (χ4n) is 2.93. The molecule has 1 saturated heterocycles. The van der Waals surface area contributed by atoms with Crippen LogP contribution >= 0.6 is 0 Å². The molecule has 0 radical (unpaired) electrons. The standard InChI is InChI=1S/C17H20F2N2O4/c18-12-1-2-13(19)11(9-12)10-20-14(22)3-6-17(8-5-16(24)25)7-4-15(23)21-17/h1-2,9H,3-8,10H2,(H,20,22)(H,21,23)(H,24,25). The zero-order valence-corrected chi connectivity index (χ0v) is 13.6. The molecule has 1 aliphatic rings. The van der Waals surface area contributed by atoms with Crippen LogP contribution in [0.4, 0.5) is 8.78 Å². The Morgan fingerprint density at radius 1 is 1.24 bits per heavy atom. The maximum Gasteiger partial charge on any atom is 0.303 e. The van der Waals surface area contributed by atoms with E-state index in [9.17, 15) is 23.2 Å². The number of amides is 2. The minimum atomic E-state index is -0.966. The van der Waals surface area contributed by atoms with E-state index in [1.165, 1.54) is 0 Å². The Balaban J connectivity index is 1.87. The van der Waals surface area contributed by atoms with Crippen molar-refractivity contribution in [3.63, 3.8) is 0 Å². The zero-order chi connectivity index (χ0) is 18.4. The van der Waals surface area contributed by atoms with Crippen LogP contribution in [0.15, 0.2) is 18.2 Å². The van der Waals surface area contributed by atoms with E-state index in [0.29, 0.717) is 19.3 Å². The number of hydrogen-bond donors (Lipinski definition) is 3. The van der Waals surface area contributed by atoms with Crippen molar-refractivity contribution in [2.24, 2.45) is 0 Å². The molecule has 0 spiro atoms. The number of carbonyl (C=O) groups is 3. The van der Waals surface area contributed by atoms with Gasteiger partial charge in [0, 0.05) is 36.9 Å². The maximum absolute atomic E-state index is 13.5. The third-order valence-electron chi connectivity index (χ3n) is 4.37. The highest BCUT2D eigenvalue weighted by Crippen LogP contribution is 2.30.